The SMILES string of the molecule is CCn1cc(CS(=O)(=O)c2nc3ccc(N)cc3[nH]2)cn1. The first-order valence-corrected chi connectivity index (χ1v) is 8.12. The molecule has 8 heteroatoms. The number of sulfone groups is 1. The summed E-state index contributed by atoms with van der Waals surface area (Å²) in [4.78, 5) is 6.93. The van der Waals surface area contributed by atoms with Crippen LogP contribution in [0.3, 0.4) is 0 Å². The van der Waals surface area contributed by atoms with Crippen LogP contribution in [0.15, 0.2) is 35.7 Å². The summed E-state index contributed by atoms with van der Waals surface area (Å²) in [6, 6.07) is 5.04. The van der Waals surface area contributed by atoms with Crippen LogP contribution in [0.2, 0.25) is 0 Å². The average Bonchev–Trinajstić information content (AvgIpc) is 3.04. The van der Waals surface area contributed by atoms with Crippen molar-refractivity contribution in [2.75, 3.05) is 5.73 Å². The average molecular weight is 305 g/mol. The van der Waals surface area contributed by atoms with E-state index >= 15 is 0 Å². The van der Waals surface area contributed by atoms with Crippen LogP contribution in [-0.2, 0) is 22.1 Å². The normalized spacial score (nSPS) is 12.0. The quantitative estimate of drug-likeness (QED) is 0.707. The van der Waals surface area contributed by atoms with Crippen LogP contribution in [0, 0.1) is 0 Å². The molecule has 0 radical (unpaired) electrons. The summed E-state index contributed by atoms with van der Waals surface area (Å²) >= 11 is 0. The number of benzene rings is 1. The van der Waals surface area contributed by atoms with E-state index in [4.69, 9.17) is 5.73 Å². The zero-order valence-corrected chi connectivity index (χ0v) is 12.3. The van der Waals surface area contributed by atoms with E-state index in [1.165, 1.54) is 0 Å². The van der Waals surface area contributed by atoms with Crippen LogP contribution >= 0.6 is 0 Å². The molecule has 0 aliphatic heterocycles. The van der Waals surface area contributed by atoms with Crippen LogP contribution in [0.1, 0.15) is 12.5 Å². The predicted molar refractivity (Wildman–Crippen MR) is 79.3 cm³/mol. The maximum Gasteiger partial charge on any atom is 0.226 e. The van der Waals surface area contributed by atoms with Crippen molar-refractivity contribution in [3.05, 3.63) is 36.2 Å². The van der Waals surface area contributed by atoms with Crippen LogP contribution in [0.25, 0.3) is 11.0 Å². The molecule has 2 aromatic heterocycles. The van der Waals surface area contributed by atoms with Crippen LogP contribution < -0.4 is 5.73 Å². The summed E-state index contributed by atoms with van der Waals surface area (Å²) in [6.07, 6.45) is 3.28. The molecular weight excluding hydrogens is 290 g/mol. The van der Waals surface area contributed by atoms with Gasteiger partial charge in [0.1, 0.15) is 0 Å². The van der Waals surface area contributed by atoms with E-state index in [9.17, 15) is 8.42 Å². The zero-order chi connectivity index (χ0) is 15.0. The standard InChI is InChI=1S/C13H15N5O2S/c1-2-18-7-9(6-15-18)8-21(19,20)13-16-11-4-3-10(14)5-12(11)17-13/h3-7H,2,8,14H2,1H3,(H,16,17). The maximum atomic E-state index is 12.4. The molecule has 1 aromatic carbocycles. The van der Waals surface area contributed by atoms with Crippen molar-refractivity contribution in [1.82, 2.24) is 19.7 Å². The Balaban J connectivity index is 1.95. The molecular formula is C13H15N5O2S. The molecule has 2 heterocycles. The largest absolute Gasteiger partial charge is 0.399 e. The number of nitrogens with zero attached hydrogens (tertiary/aromatic N) is 3. The first-order valence-electron chi connectivity index (χ1n) is 6.47. The molecule has 0 aliphatic carbocycles. The number of rotatable bonds is 4. The summed E-state index contributed by atoms with van der Waals surface area (Å²) in [5, 5.41) is 4.02. The summed E-state index contributed by atoms with van der Waals surface area (Å²) in [5.74, 6) is -0.137. The van der Waals surface area contributed by atoms with Crippen molar-refractivity contribution in [3.63, 3.8) is 0 Å². The predicted octanol–water partition coefficient (Wildman–Crippen LogP) is 1.34. The van der Waals surface area contributed by atoms with Crippen molar-refractivity contribution in [1.29, 1.82) is 0 Å². The molecule has 3 rings (SSSR count). The second-order valence-electron chi connectivity index (χ2n) is 4.78. The van der Waals surface area contributed by atoms with Gasteiger partial charge in [-0.3, -0.25) is 4.68 Å². The van der Waals surface area contributed by atoms with E-state index in [1.807, 2.05) is 6.92 Å². The Morgan fingerprint density at radius 2 is 2.19 bits per heavy atom. The molecule has 0 aliphatic rings. The maximum absolute atomic E-state index is 12.4. The Bertz CT molecular complexity index is 894. The van der Waals surface area contributed by atoms with Crippen molar-refractivity contribution >= 4 is 26.6 Å². The molecule has 0 saturated heterocycles. The monoisotopic (exact) mass is 305 g/mol. The summed E-state index contributed by atoms with van der Waals surface area (Å²) < 4.78 is 26.5. The number of H-pyrrole nitrogens is 1. The van der Waals surface area contributed by atoms with E-state index in [1.54, 1.807) is 35.3 Å². The number of anilines is 1. The van der Waals surface area contributed by atoms with Gasteiger partial charge in [-0.2, -0.15) is 5.10 Å². The van der Waals surface area contributed by atoms with Gasteiger partial charge in [-0.15, -0.1) is 0 Å². The fourth-order valence-electron chi connectivity index (χ4n) is 2.09. The molecule has 0 unspecified atom stereocenters. The Hall–Kier alpha value is -2.35. The molecule has 21 heavy (non-hydrogen) atoms. The number of nitrogens with two attached hydrogens (primary N) is 1. The van der Waals surface area contributed by atoms with Gasteiger partial charge in [0.2, 0.25) is 15.0 Å². The fourth-order valence-corrected chi connectivity index (χ4v) is 3.32. The van der Waals surface area contributed by atoms with E-state index in [2.05, 4.69) is 15.1 Å². The van der Waals surface area contributed by atoms with Gasteiger partial charge >= 0.3 is 0 Å². The lowest BCUT2D eigenvalue weighted by atomic mass is 10.3. The Morgan fingerprint density at radius 1 is 1.38 bits per heavy atom. The third-order valence-electron chi connectivity index (χ3n) is 3.15. The second-order valence-corrected chi connectivity index (χ2v) is 6.69. The summed E-state index contributed by atoms with van der Waals surface area (Å²) in [7, 11) is -3.54. The molecule has 0 atom stereocenters. The first-order chi connectivity index (χ1) is 9.98. The highest BCUT2D eigenvalue weighted by Crippen LogP contribution is 2.20. The smallest absolute Gasteiger partial charge is 0.226 e. The number of imidazole rings is 1. The third-order valence-corrected chi connectivity index (χ3v) is 4.64. The van der Waals surface area contributed by atoms with Gasteiger partial charge in [-0.05, 0) is 25.1 Å². The Morgan fingerprint density at radius 3 is 2.90 bits per heavy atom. The van der Waals surface area contributed by atoms with E-state index in [0.717, 1.165) is 0 Å². The van der Waals surface area contributed by atoms with Gasteiger partial charge < -0.3 is 10.7 Å². The molecule has 7 nitrogen and oxygen atoms in total. The van der Waals surface area contributed by atoms with Gasteiger partial charge in [0.25, 0.3) is 0 Å². The number of nitrogens with one attached hydrogen (secondary N) is 1. The number of hydrogen-bond acceptors (Lipinski definition) is 5. The molecule has 0 fully saturated rings. The molecule has 3 N–H and O–H groups in total. The van der Waals surface area contributed by atoms with Gasteiger partial charge in [0, 0.05) is 24.0 Å². The van der Waals surface area contributed by atoms with Crippen LogP contribution in [0.4, 0.5) is 5.69 Å². The molecule has 0 amide bonds. The van der Waals surface area contributed by atoms with Gasteiger partial charge in [0.15, 0.2) is 0 Å². The zero-order valence-electron chi connectivity index (χ0n) is 11.4. The fraction of sp³-hybridized carbons (Fsp3) is 0.231. The lowest BCUT2D eigenvalue weighted by molar-refractivity contribution is 0.588. The summed E-state index contributed by atoms with van der Waals surface area (Å²) in [6.45, 7) is 2.64. The van der Waals surface area contributed by atoms with Crippen LogP contribution in [-0.4, -0.2) is 28.2 Å². The van der Waals surface area contributed by atoms with Crippen molar-refractivity contribution < 1.29 is 8.42 Å². The number of fused-ring (bicyclic) bond motifs is 1. The van der Waals surface area contributed by atoms with E-state index < -0.39 is 9.84 Å². The van der Waals surface area contributed by atoms with E-state index in [0.29, 0.717) is 28.8 Å². The highest BCUT2D eigenvalue weighted by molar-refractivity contribution is 7.90. The molecule has 0 spiro atoms. The number of aryl methyl sites for hydroxylation is 1. The number of aromatic nitrogens is 4. The second kappa shape index (κ2) is 4.88. The number of hydrogen-bond donors (Lipinski definition) is 2. The van der Waals surface area contributed by atoms with Gasteiger partial charge in [0.05, 0.1) is 23.0 Å². The van der Waals surface area contributed by atoms with Crippen LogP contribution in [0.5, 0.6) is 0 Å². The molecule has 0 saturated carbocycles. The highest BCUT2D eigenvalue weighted by Gasteiger charge is 2.20. The highest BCUT2D eigenvalue weighted by atomic mass is 32.2. The van der Waals surface area contributed by atoms with Crippen molar-refractivity contribution in [2.45, 2.75) is 24.4 Å². The topological polar surface area (TPSA) is 107 Å². The number of aromatic amines is 1. The van der Waals surface area contributed by atoms with Crippen molar-refractivity contribution in [3.8, 4) is 0 Å². The minimum atomic E-state index is -3.54. The third kappa shape index (κ3) is 2.62. The lowest BCUT2D eigenvalue weighted by Crippen LogP contribution is -2.06. The first kappa shape index (κ1) is 13.6. The lowest BCUT2D eigenvalue weighted by Gasteiger charge is -1.98. The van der Waals surface area contributed by atoms with Crippen molar-refractivity contribution in [2.24, 2.45) is 0 Å². The Labute approximate surface area is 121 Å². The molecule has 0 bridgehead atoms. The van der Waals surface area contributed by atoms with Gasteiger partial charge in [-0.1, -0.05) is 0 Å². The summed E-state index contributed by atoms with van der Waals surface area (Å²) in [5.41, 5.74) is 8.05. The number of nitrogen functional groups attached to an aromatic ring is 1. The Kier molecular flexibility index (Phi) is 3.17. The van der Waals surface area contributed by atoms with Gasteiger partial charge in [-0.25, -0.2) is 13.4 Å². The molecule has 3 aromatic rings. The van der Waals surface area contributed by atoms with E-state index in [-0.39, 0.29) is 10.9 Å². The minimum Gasteiger partial charge on any atom is -0.399 e. The minimum absolute atomic E-state index is 0.0488. The molecule has 110 valence electrons.